The maximum absolute atomic E-state index is 12.9. The molecule has 1 saturated carbocycles. The Kier molecular flexibility index (Phi) is 10.1. The van der Waals surface area contributed by atoms with E-state index in [2.05, 4.69) is 10.6 Å². The molecule has 1 aliphatic carbocycles. The molecule has 1 fully saturated rings. The predicted molar refractivity (Wildman–Crippen MR) is 139 cm³/mol. The first-order valence-electron chi connectivity index (χ1n) is 13.1. The highest BCUT2D eigenvalue weighted by Gasteiger charge is 2.46. The Labute approximate surface area is 222 Å². The van der Waals surface area contributed by atoms with Crippen molar-refractivity contribution >= 4 is 24.2 Å². The Morgan fingerprint density at radius 2 is 1.92 bits per heavy atom. The molecule has 206 valence electrons. The van der Waals surface area contributed by atoms with Crippen LogP contribution in [0.2, 0.25) is 0 Å². The van der Waals surface area contributed by atoms with Crippen molar-refractivity contribution in [1.29, 1.82) is 0 Å². The lowest BCUT2D eigenvalue weighted by Gasteiger charge is -2.29. The minimum atomic E-state index is -0.658. The van der Waals surface area contributed by atoms with Gasteiger partial charge in [0.15, 0.2) is 5.76 Å². The fraction of sp³-hybridized carbons (Fsp3) is 0.500. The Morgan fingerprint density at radius 3 is 2.58 bits per heavy atom. The van der Waals surface area contributed by atoms with Crippen LogP contribution in [-0.2, 0) is 14.4 Å². The lowest BCUT2D eigenvalue weighted by atomic mass is 9.90. The normalized spacial score (nSPS) is 15.2. The quantitative estimate of drug-likeness (QED) is 0.0598. The van der Waals surface area contributed by atoms with Crippen molar-refractivity contribution in [2.24, 2.45) is 11.3 Å². The number of benzene rings is 1. The number of ether oxygens (including phenoxy) is 1. The van der Waals surface area contributed by atoms with Crippen LogP contribution in [0.15, 0.2) is 40.8 Å². The number of furan rings is 1. The van der Waals surface area contributed by atoms with Gasteiger partial charge in [-0.25, -0.2) is 5.06 Å². The summed E-state index contributed by atoms with van der Waals surface area (Å²) in [7, 11) is 0. The van der Waals surface area contributed by atoms with E-state index in [1.807, 2.05) is 13.8 Å². The van der Waals surface area contributed by atoms with Crippen LogP contribution in [0.3, 0.4) is 0 Å². The fourth-order valence-electron chi connectivity index (χ4n) is 4.23. The van der Waals surface area contributed by atoms with E-state index in [4.69, 9.17) is 9.15 Å². The van der Waals surface area contributed by atoms with Gasteiger partial charge in [-0.1, -0.05) is 45.2 Å². The van der Waals surface area contributed by atoms with Crippen molar-refractivity contribution in [1.82, 2.24) is 15.7 Å². The standard InChI is InChI=1S/C28H37N3O7/c1-4-6-7-11-21(22(5-2)31(36)18-32)25(33)29-17-30-26(34)24-13-12-23(38-24)19-9-8-10-20(16-19)37-27(35)28(3)14-15-28/h8-10,12-13,16,18,21-22,36H,4-7,11,14-15,17H2,1-3H3,(H,29,33)(H,30,34)/t21-,22-/m1/s1. The van der Waals surface area contributed by atoms with E-state index in [1.165, 1.54) is 6.07 Å². The van der Waals surface area contributed by atoms with Gasteiger partial charge in [0.05, 0.1) is 24.0 Å². The zero-order valence-corrected chi connectivity index (χ0v) is 22.2. The molecule has 1 aliphatic rings. The summed E-state index contributed by atoms with van der Waals surface area (Å²) >= 11 is 0. The Morgan fingerprint density at radius 1 is 1.16 bits per heavy atom. The van der Waals surface area contributed by atoms with Crippen LogP contribution in [-0.4, -0.2) is 47.2 Å². The summed E-state index contributed by atoms with van der Waals surface area (Å²) in [6, 6.07) is 9.39. The van der Waals surface area contributed by atoms with Gasteiger partial charge in [0, 0.05) is 5.56 Å². The number of hydrogen-bond acceptors (Lipinski definition) is 7. The van der Waals surface area contributed by atoms with Crippen molar-refractivity contribution in [3.05, 3.63) is 42.2 Å². The molecule has 3 rings (SSSR count). The number of carbonyl (C=O) groups is 4. The van der Waals surface area contributed by atoms with Gasteiger partial charge in [-0.2, -0.15) is 0 Å². The van der Waals surface area contributed by atoms with E-state index in [1.54, 1.807) is 37.3 Å². The van der Waals surface area contributed by atoms with Crippen LogP contribution in [0.1, 0.15) is 76.3 Å². The Bertz CT molecular complexity index is 1130. The van der Waals surface area contributed by atoms with Gasteiger partial charge in [-0.05, 0) is 56.9 Å². The second kappa shape index (κ2) is 13.2. The number of hydroxylamine groups is 2. The summed E-state index contributed by atoms with van der Waals surface area (Å²) in [5.74, 6) is -0.873. The van der Waals surface area contributed by atoms with E-state index >= 15 is 0 Å². The van der Waals surface area contributed by atoms with Gasteiger partial charge in [-0.3, -0.25) is 24.4 Å². The van der Waals surface area contributed by atoms with Crippen LogP contribution in [0, 0.1) is 11.3 Å². The number of rotatable bonds is 15. The molecule has 0 bridgehead atoms. The van der Waals surface area contributed by atoms with Crippen LogP contribution in [0.25, 0.3) is 11.3 Å². The third-order valence-electron chi connectivity index (χ3n) is 6.95. The van der Waals surface area contributed by atoms with Crippen molar-refractivity contribution in [3.63, 3.8) is 0 Å². The molecule has 1 aromatic carbocycles. The summed E-state index contributed by atoms with van der Waals surface area (Å²) in [5, 5.41) is 15.7. The van der Waals surface area contributed by atoms with Crippen molar-refractivity contribution < 1.29 is 33.5 Å². The maximum Gasteiger partial charge on any atom is 0.317 e. The van der Waals surface area contributed by atoms with Crippen LogP contribution in [0.5, 0.6) is 5.75 Å². The summed E-state index contributed by atoms with van der Waals surface area (Å²) in [6.07, 6.45) is 5.52. The number of nitrogens with zero attached hydrogens (tertiary/aromatic N) is 1. The summed E-state index contributed by atoms with van der Waals surface area (Å²) < 4.78 is 11.2. The lowest BCUT2D eigenvalue weighted by molar-refractivity contribution is -0.168. The third kappa shape index (κ3) is 7.44. The number of nitrogens with one attached hydrogen (secondary N) is 2. The molecule has 0 radical (unpaired) electrons. The number of carbonyl (C=O) groups excluding carboxylic acids is 4. The number of esters is 1. The smallest absolute Gasteiger partial charge is 0.317 e. The van der Waals surface area contributed by atoms with E-state index in [0.717, 1.165) is 32.1 Å². The molecule has 10 nitrogen and oxygen atoms in total. The zero-order valence-electron chi connectivity index (χ0n) is 22.2. The summed E-state index contributed by atoms with van der Waals surface area (Å²) in [6.45, 7) is 5.57. The molecule has 0 saturated heterocycles. The third-order valence-corrected chi connectivity index (χ3v) is 6.95. The van der Waals surface area contributed by atoms with E-state index < -0.39 is 23.3 Å². The topological polar surface area (TPSA) is 138 Å². The second-order valence-electron chi connectivity index (χ2n) is 9.93. The van der Waals surface area contributed by atoms with Gasteiger partial charge in [0.2, 0.25) is 12.3 Å². The highest BCUT2D eigenvalue weighted by molar-refractivity contribution is 5.92. The minimum absolute atomic E-state index is 0.0514. The lowest BCUT2D eigenvalue weighted by Crippen LogP contribution is -2.47. The molecule has 0 aliphatic heterocycles. The molecule has 0 unspecified atom stereocenters. The molecule has 0 spiro atoms. The van der Waals surface area contributed by atoms with E-state index in [0.29, 0.717) is 41.4 Å². The zero-order chi connectivity index (χ0) is 27.7. The average molecular weight is 528 g/mol. The fourth-order valence-corrected chi connectivity index (χ4v) is 4.23. The maximum atomic E-state index is 12.9. The predicted octanol–water partition coefficient (Wildman–Crippen LogP) is 4.28. The largest absolute Gasteiger partial charge is 0.451 e. The Balaban J connectivity index is 1.57. The van der Waals surface area contributed by atoms with E-state index in [9.17, 15) is 24.4 Å². The van der Waals surface area contributed by atoms with Crippen LogP contribution >= 0.6 is 0 Å². The van der Waals surface area contributed by atoms with Crippen molar-refractivity contribution in [2.45, 2.75) is 71.8 Å². The molecule has 2 atom stereocenters. The van der Waals surface area contributed by atoms with Crippen molar-refractivity contribution in [3.8, 4) is 17.1 Å². The van der Waals surface area contributed by atoms with Gasteiger partial charge >= 0.3 is 5.97 Å². The highest BCUT2D eigenvalue weighted by Crippen LogP contribution is 2.46. The molecule has 38 heavy (non-hydrogen) atoms. The summed E-state index contributed by atoms with van der Waals surface area (Å²) in [5.41, 5.74) is 0.244. The number of amides is 3. The average Bonchev–Trinajstić information content (AvgIpc) is 3.47. The molecule has 3 N–H and O–H groups in total. The molecule has 10 heteroatoms. The molecule has 2 aromatic rings. The molecular formula is C28H37N3O7. The highest BCUT2D eigenvalue weighted by atomic mass is 16.5. The molecule has 3 amide bonds. The molecule has 1 heterocycles. The molecule has 1 aromatic heterocycles. The van der Waals surface area contributed by atoms with Crippen LogP contribution in [0.4, 0.5) is 0 Å². The number of hydrogen-bond donors (Lipinski definition) is 3. The first-order chi connectivity index (χ1) is 18.2. The summed E-state index contributed by atoms with van der Waals surface area (Å²) in [4.78, 5) is 48.8. The first kappa shape index (κ1) is 28.9. The van der Waals surface area contributed by atoms with Crippen LogP contribution < -0.4 is 15.4 Å². The van der Waals surface area contributed by atoms with Gasteiger partial charge < -0.3 is 19.8 Å². The monoisotopic (exact) mass is 527 g/mol. The van der Waals surface area contributed by atoms with Gasteiger partial charge in [-0.15, -0.1) is 0 Å². The van der Waals surface area contributed by atoms with Crippen molar-refractivity contribution in [2.75, 3.05) is 6.67 Å². The second-order valence-corrected chi connectivity index (χ2v) is 9.93. The molecular weight excluding hydrogens is 490 g/mol. The Hall–Kier alpha value is -3.66. The van der Waals surface area contributed by atoms with Gasteiger partial charge in [0.25, 0.3) is 5.91 Å². The van der Waals surface area contributed by atoms with Gasteiger partial charge in [0.1, 0.15) is 11.5 Å². The number of unbranched alkanes of at least 4 members (excludes halogenated alkanes) is 2. The van der Waals surface area contributed by atoms with E-state index in [-0.39, 0.29) is 24.3 Å². The minimum Gasteiger partial charge on any atom is -0.451 e. The first-order valence-corrected chi connectivity index (χ1v) is 13.1. The SMILES string of the molecule is CCCCC[C@@H](C(=O)NCNC(=O)c1ccc(-c2cccc(OC(=O)C3(C)CC3)c2)o1)[C@@H](CC)N(O)C=O.